The van der Waals surface area contributed by atoms with Crippen LogP contribution in [0, 0.1) is 5.92 Å². The summed E-state index contributed by atoms with van der Waals surface area (Å²) in [6.45, 7) is 1.25. The van der Waals surface area contributed by atoms with Crippen LogP contribution in [0.2, 0.25) is 0 Å². The van der Waals surface area contributed by atoms with Gasteiger partial charge in [-0.3, -0.25) is 4.90 Å². The first kappa shape index (κ1) is 18.2. The van der Waals surface area contributed by atoms with Crippen LogP contribution in [0.15, 0.2) is 18.2 Å². The quantitative estimate of drug-likeness (QED) is 0.887. The fraction of sp³-hybridized carbons (Fsp3) is 0.625. The minimum Gasteiger partial charge on any atom is -0.493 e. The Balaban J connectivity index is 0.00000192. The summed E-state index contributed by atoms with van der Waals surface area (Å²) in [5.41, 5.74) is 1.06. The number of ether oxygens (including phenoxy) is 2. The molecule has 0 radical (unpaired) electrons. The Morgan fingerprint density at radius 3 is 2.87 bits per heavy atom. The molecule has 1 aromatic carbocycles. The summed E-state index contributed by atoms with van der Waals surface area (Å²) in [7, 11) is 1.47. The normalized spacial score (nSPS) is 24.2. The van der Waals surface area contributed by atoms with Crippen LogP contribution in [0.25, 0.3) is 0 Å². The molecule has 0 spiro atoms. The maximum Gasteiger partial charge on any atom is 0.387 e. The molecule has 0 amide bonds. The molecule has 0 saturated carbocycles. The highest BCUT2D eigenvalue weighted by atomic mass is 35.5. The van der Waals surface area contributed by atoms with Crippen molar-refractivity contribution in [3.63, 3.8) is 0 Å². The van der Waals surface area contributed by atoms with E-state index < -0.39 is 6.61 Å². The number of benzene rings is 1. The van der Waals surface area contributed by atoms with Crippen molar-refractivity contribution < 1.29 is 18.3 Å². The third kappa shape index (κ3) is 4.46. The van der Waals surface area contributed by atoms with Crippen LogP contribution in [0.4, 0.5) is 8.78 Å². The van der Waals surface area contributed by atoms with Crippen LogP contribution in [0.1, 0.15) is 18.4 Å². The molecule has 2 unspecified atom stereocenters. The fourth-order valence-electron chi connectivity index (χ4n) is 3.53. The first-order valence-corrected chi connectivity index (χ1v) is 7.73. The van der Waals surface area contributed by atoms with Crippen molar-refractivity contribution in [2.24, 2.45) is 5.92 Å². The number of alkyl halides is 2. The second-order valence-corrected chi connectivity index (χ2v) is 6.00. The summed E-state index contributed by atoms with van der Waals surface area (Å²) < 4.78 is 34.3. The number of nitrogens with zero attached hydrogens (tertiary/aromatic N) is 1. The number of hydrogen-bond acceptors (Lipinski definition) is 4. The highest BCUT2D eigenvalue weighted by Gasteiger charge is 2.32. The summed E-state index contributed by atoms with van der Waals surface area (Å²) in [4.78, 5) is 2.43. The van der Waals surface area contributed by atoms with Crippen LogP contribution < -0.4 is 14.8 Å². The molecule has 7 heteroatoms. The lowest BCUT2D eigenvalue weighted by Crippen LogP contribution is -2.43. The smallest absolute Gasteiger partial charge is 0.387 e. The zero-order valence-electron chi connectivity index (χ0n) is 13.1. The number of piperidine rings is 1. The summed E-state index contributed by atoms with van der Waals surface area (Å²) in [5.74, 6) is 1.17. The van der Waals surface area contributed by atoms with Crippen LogP contribution >= 0.6 is 12.4 Å². The van der Waals surface area contributed by atoms with Gasteiger partial charge in [-0.2, -0.15) is 8.78 Å². The molecule has 2 atom stereocenters. The highest BCUT2D eigenvalue weighted by Crippen LogP contribution is 2.31. The second kappa shape index (κ2) is 8.13. The number of methoxy groups -OCH3 is 1. The molecule has 2 saturated heterocycles. The van der Waals surface area contributed by atoms with Crippen LogP contribution in [0.5, 0.6) is 11.5 Å². The molecule has 4 nitrogen and oxygen atoms in total. The molecule has 0 bridgehead atoms. The van der Waals surface area contributed by atoms with Crippen molar-refractivity contribution in [2.75, 3.05) is 26.7 Å². The largest absolute Gasteiger partial charge is 0.493 e. The van der Waals surface area contributed by atoms with E-state index in [2.05, 4.69) is 15.0 Å². The van der Waals surface area contributed by atoms with Gasteiger partial charge < -0.3 is 14.8 Å². The van der Waals surface area contributed by atoms with E-state index in [1.54, 1.807) is 12.1 Å². The van der Waals surface area contributed by atoms with E-state index in [9.17, 15) is 8.78 Å². The molecular weight excluding hydrogens is 326 g/mol. The van der Waals surface area contributed by atoms with E-state index in [1.165, 1.54) is 20.0 Å². The van der Waals surface area contributed by atoms with Gasteiger partial charge >= 0.3 is 6.61 Å². The van der Waals surface area contributed by atoms with Crippen LogP contribution in [0.3, 0.4) is 0 Å². The summed E-state index contributed by atoms with van der Waals surface area (Å²) in [6, 6.07) is 5.85. The fourth-order valence-corrected chi connectivity index (χ4v) is 3.53. The Bertz CT molecular complexity index is 519. The number of nitrogens with one attached hydrogen (secondary N) is 1. The van der Waals surface area contributed by atoms with Crippen molar-refractivity contribution in [3.05, 3.63) is 23.8 Å². The molecule has 2 aliphatic heterocycles. The van der Waals surface area contributed by atoms with Gasteiger partial charge in [0.1, 0.15) is 0 Å². The molecule has 2 heterocycles. The Morgan fingerprint density at radius 2 is 2.13 bits per heavy atom. The van der Waals surface area contributed by atoms with Gasteiger partial charge in [-0.05, 0) is 49.5 Å². The minimum absolute atomic E-state index is 0. The van der Waals surface area contributed by atoms with E-state index in [1.807, 2.05) is 6.07 Å². The monoisotopic (exact) mass is 348 g/mol. The van der Waals surface area contributed by atoms with Crippen molar-refractivity contribution in [1.82, 2.24) is 10.2 Å². The maximum absolute atomic E-state index is 12.3. The zero-order valence-corrected chi connectivity index (χ0v) is 14.0. The molecule has 0 aliphatic carbocycles. The molecule has 3 rings (SSSR count). The molecule has 1 aromatic rings. The SMILES string of the molecule is COc1cc(CN2CCC3NCCC3C2)ccc1OC(F)F.Cl. The molecule has 130 valence electrons. The lowest BCUT2D eigenvalue weighted by Gasteiger charge is -2.34. The molecule has 0 aromatic heterocycles. The van der Waals surface area contributed by atoms with Crippen molar-refractivity contribution >= 4 is 12.4 Å². The lowest BCUT2D eigenvalue weighted by molar-refractivity contribution is -0.0512. The molecule has 2 aliphatic rings. The van der Waals surface area contributed by atoms with Gasteiger partial charge in [-0.25, -0.2) is 0 Å². The summed E-state index contributed by atoms with van der Waals surface area (Å²) in [5, 5.41) is 3.55. The number of halogens is 3. The first-order valence-electron chi connectivity index (χ1n) is 7.73. The van der Waals surface area contributed by atoms with Gasteiger partial charge in [0.25, 0.3) is 0 Å². The Labute approximate surface area is 141 Å². The lowest BCUT2D eigenvalue weighted by atomic mass is 9.93. The van der Waals surface area contributed by atoms with Crippen LogP contribution in [-0.4, -0.2) is 44.3 Å². The van der Waals surface area contributed by atoms with E-state index in [-0.39, 0.29) is 18.2 Å². The average Bonchev–Trinajstić information content (AvgIpc) is 2.96. The number of rotatable bonds is 5. The van der Waals surface area contributed by atoms with E-state index >= 15 is 0 Å². The summed E-state index contributed by atoms with van der Waals surface area (Å²) in [6.07, 6.45) is 2.42. The topological polar surface area (TPSA) is 33.7 Å². The Kier molecular flexibility index (Phi) is 6.44. The Morgan fingerprint density at radius 1 is 1.30 bits per heavy atom. The number of likely N-dealkylation sites (tertiary alicyclic amines) is 1. The van der Waals surface area contributed by atoms with Gasteiger partial charge in [0, 0.05) is 19.1 Å². The van der Waals surface area contributed by atoms with E-state index in [0.29, 0.717) is 11.8 Å². The van der Waals surface area contributed by atoms with Crippen molar-refractivity contribution in [1.29, 1.82) is 0 Å². The Hall–Kier alpha value is -1.11. The predicted molar refractivity (Wildman–Crippen MR) is 86.7 cm³/mol. The average molecular weight is 349 g/mol. The second-order valence-electron chi connectivity index (χ2n) is 6.00. The highest BCUT2D eigenvalue weighted by molar-refractivity contribution is 5.85. The first-order chi connectivity index (χ1) is 10.7. The van der Waals surface area contributed by atoms with Gasteiger partial charge in [-0.1, -0.05) is 6.07 Å². The van der Waals surface area contributed by atoms with Gasteiger partial charge in [0.2, 0.25) is 0 Å². The van der Waals surface area contributed by atoms with E-state index in [0.717, 1.165) is 37.7 Å². The minimum atomic E-state index is -2.84. The standard InChI is InChI=1S/C16H22F2N2O2.ClH/c1-21-15-8-11(2-3-14(15)22-16(17)18)9-20-7-5-13-12(10-20)4-6-19-13;/h2-3,8,12-13,16,19H,4-7,9-10H2,1H3;1H. The molecule has 1 N–H and O–H groups in total. The van der Waals surface area contributed by atoms with Gasteiger partial charge in [0.05, 0.1) is 7.11 Å². The third-order valence-electron chi connectivity index (χ3n) is 4.59. The maximum atomic E-state index is 12.3. The van der Waals surface area contributed by atoms with Gasteiger partial charge in [0.15, 0.2) is 11.5 Å². The van der Waals surface area contributed by atoms with Crippen molar-refractivity contribution in [3.8, 4) is 11.5 Å². The van der Waals surface area contributed by atoms with Gasteiger partial charge in [-0.15, -0.1) is 12.4 Å². The molecule has 2 fully saturated rings. The van der Waals surface area contributed by atoms with Crippen LogP contribution in [-0.2, 0) is 6.54 Å². The summed E-state index contributed by atoms with van der Waals surface area (Å²) >= 11 is 0. The number of hydrogen-bond donors (Lipinski definition) is 1. The molecular formula is C16H23ClF2N2O2. The zero-order chi connectivity index (χ0) is 15.5. The molecule has 23 heavy (non-hydrogen) atoms. The third-order valence-corrected chi connectivity index (χ3v) is 4.59. The van der Waals surface area contributed by atoms with E-state index in [4.69, 9.17) is 4.74 Å². The predicted octanol–water partition coefficient (Wildman–Crippen LogP) is 2.90. The van der Waals surface area contributed by atoms with Crippen molar-refractivity contribution in [2.45, 2.75) is 32.0 Å². The number of fused-ring (bicyclic) bond motifs is 1.